The zero-order valence-electron chi connectivity index (χ0n) is 11.7. The Bertz CT molecular complexity index is 668. The molecule has 0 fully saturated rings. The number of aromatic amines is 1. The Hall–Kier alpha value is -1.62. The summed E-state index contributed by atoms with van der Waals surface area (Å²) in [6.45, 7) is 7.14. The van der Waals surface area contributed by atoms with Gasteiger partial charge in [0.1, 0.15) is 5.65 Å². The Labute approximate surface area is 112 Å². The van der Waals surface area contributed by atoms with Gasteiger partial charge in [0.25, 0.3) is 5.56 Å². The normalized spacial score (nSPS) is 19.1. The minimum absolute atomic E-state index is 0.0429. The van der Waals surface area contributed by atoms with Crippen LogP contribution in [0.4, 0.5) is 0 Å². The molecule has 0 saturated carbocycles. The predicted octanol–water partition coefficient (Wildman–Crippen LogP) is 1.26. The second kappa shape index (κ2) is 4.49. The van der Waals surface area contributed by atoms with E-state index in [4.69, 9.17) is 0 Å². The van der Waals surface area contributed by atoms with E-state index in [2.05, 4.69) is 36.2 Å². The number of hydrogen-bond acceptors (Lipinski definition) is 3. The lowest BCUT2D eigenvalue weighted by atomic mass is 10.0. The fraction of sp³-hybridized carbons (Fsp3) is 0.571. The molecule has 0 aromatic carbocycles. The van der Waals surface area contributed by atoms with E-state index in [1.807, 2.05) is 10.7 Å². The third-order valence-electron chi connectivity index (χ3n) is 3.71. The summed E-state index contributed by atoms with van der Waals surface area (Å²) < 4.78 is 1.90. The molecule has 2 N–H and O–H groups in total. The number of nitrogens with one attached hydrogen (secondary N) is 2. The van der Waals surface area contributed by atoms with Gasteiger partial charge in [0, 0.05) is 23.7 Å². The zero-order chi connectivity index (χ0) is 13.6. The third-order valence-corrected chi connectivity index (χ3v) is 3.71. The van der Waals surface area contributed by atoms with E-state index in [1.54, 1.807) is 0 Å². The van der Waals surface area contributed by atoms with Gasteiger partial charge in [0.15, 0.2) is 0 Å². The number of aromatic nitrogens is 3. The maximum atomic E-state index is 12.2. The van der Waals surface area contributed by atoms with E-state index in [0.717, 1.165) is 35.3 Å². The maximum Gasteiger partial charge on any atom is 0.254 e. The highest BCUT2D eigenvalue weighted by molar-refractivity contribution is 5.48. The van der Waals surface area contributed by atoms with E-state index >= 15 is 0 Å². The molecule has 1 aliphatic rings. The van der Waals surface area contributed by atoms with E-state index in [1.165, 1.54) is 0 Å². The fourth-order valence-electron chi connectivity index (χ4n) is 2.79. The molecule has 0 aliphatic carbocycles. The van der Waals surface area contributed by atoms with Crippen LogP contribution in [0, 0.1) is 5.92 Å². The topological polar surface area (TPSA) is 62.2 Å². The van der Waals surface area contributed by atoms with Crippen molar-refractivity contribution in [3.8, 4) is 0 Å². The van der Waals surface area contributed by atoms with Gasteiger partial charge in [-0.2, -0.15) is 5.10 Å². The van der Waals surface area contributed by atoms with E-state index < -0.39 is 0 Å². The van der Waals surface area contributed by atoms with E-state index in [-0.39, 0.29) is 5.56 Å². The lowest BCUT2D eigenvalue weighted by Gasteiger charge is -2.22. The average molecular weight is 260 g/mol. The number of hydrogen-bond donors (Lipinski definition) is 2. The van der Waals surface area contributed by atoms with Crippen molar-refractivity contribution in [2.45, 2.75) is 46.2 Å². The first kappa shape index (κ1) is 12.4. The standard InChI is InChI=1S/C14H20N4O/c1-8(2)4-10-6-16-18-12-7-15-9(3)5-11(12)14(19)17-13(10)18/h6,8-9,15H,4-5,7H2,1-3H3,(H,17,19). The molecule has 2 aromatic rings. The smallest absolute Gasteiger partial charge is 0.254 e. The van der Waals surface area contributed by atoms with Crippen LogP contribution in [0.2, 0.25) is 0 Å². The summed E-state index contributed by atoms with van der Waals surface area (Å²) in [5.74, 6) is 0.547. The third kappa shape index (κ3) is 2.08. The van der Waals surface area contributed by atoms with Gasteiger partial charge in [-0.3, -0.25) is 4.79 Å². The van der Waals surface area contributed by atoms with Gasteiger partial charge >= 0.3 is 0 Å². The van der Waals surface area contributed by atoms with Crippen LogP contribution in [0.3, 0.4) is 0 Å². The lowest BCUT2D eigenvalue weighted by molar-refractivity contribution is 0.492. The lowest BCUT2D eigenvalue weighted by Crippen LogP contribution is -2.38. The average Bonchev–Trinajstić information content (AvgIpc) is 2.72. The zero-order valence-corrected chi connectivity index (χ0v) is 11.7. The van der Waals surface area contributed by atoms with Gasteiger partial charge in [0.05, 0.1) is 11.9 Å². The summed E-state index contributed by atoms with van der Waals surface area (Å²) in [6.07, 6.45) is 3.58. The highest BCUT2D eigenvalue weighted by Gasteiger charge is 2.22. The molecule has 1 atom stereocenters. The molecule has 102 valence electrons. The second-order valence-electron chi connectivity index (χ2n) is 5.89. The summed E-state index contributed by atoms with van der Waals surface area (Å²) in [7, 11) is 0. The molecule has 5 nitrogen and oxygen atoms in total. The number of fused-ring (bicyclic) bond motifs is 3. The van der Waals surface area contributed by atoms with Gasteiger partial charge in [-0.05, 0) is 25.7 Å². The van der Waals surface area contributed by atoms with Crippen LogP contribution in [-0.2, 0) is 19.4 Å². The number of H-pyrrole nitrogens is 1. The van der Waals surface area contributed by atoms with Crippen molar-refractivity contribution in [1.82, 2.24) is 19.9 Å². The van der Waals surface area contributed by atoms with Crippen molar-refractivity contribution in [3.63, 3.8) is 0 Å². The van der Waals surface area contributed by atoms with Gasteiger partial charge in [-0.15, -0.1) is 0 Å². The summed E-state index contributed by atoms with van der Waals surface area (Å²) in [5.41, 5.74) is 3.90. The summed E-state index contributed by atoms with van der Waals surface area (Å²) >= 11 is 0. The van der Waals surface area contributed by atoms with Crippen LogP contribution in [0.1, 0.15) is 37.6 Å². The molecule has 0 amide bonds. The largest absolute Gasteiger partial charge is 0.308 e. The first-order valence-corrected chi connectivity index (χ1v) is 6.90. The van der Waals surface area contributed by atoms with Gasteiger partial charge < -0.3 is 10.3 Å². The molecule has 3 heterocycles. The molecule has 19 heavy (non-hydrogen) atoms. The molecule has 1 unspecified atom stereocenters. The molecule has 1 aliphatic heterocycles. The highest BCUT2D eigenvalue weighted by Crippen LogP contribution is 2.18. The number of nitrogens with zero attached hydrogens (tertiary/aromatic N) is 2. The SMILES string of the molecule is CC(C)Cc1cnn2c3c(c(=O)[nH]c12)CC(C)NC3. The molecule has 0 saturated heterocycles. The molecule has 0 spiro atoms. The van der Waals surface area contributed by atoms with Crippen molar-refractivity contribution in [2.75, 3.05) is 0 Å². The van der Waals surface area contributed by atoms with Crippen LogP contribution in [0.5, 0.6) is 0 Å². The molecular formula is C14H20N4O. The molecule has 3 rings (SSSR count). The van der Waals surface area contributed by atoms with Gasteiger partial charge in [-0.1, -0.05) is 13.8 Å². The van der Waals surface area contributed by atoms with Gasteiger partial charge in [0.2, 0.25) is 0 Å². The first-order chi connectivity index (χ1) is 9.06. The second-order valence-corrected chi connectivity index (χ2v) is 5.89. The molecule has 0 radical (unpaired) electrons. The van der Waals surface area contributed by atoms with Gasteiger partial charge in [-0.25, -0.2) is 4.52 Å². The quantitative estimate of drug-likeness (QED) is 0.854. The Morgan fingerprint density at radius 3 is 3.05 bits per heavy atom. The maximum absolute atomic E-state index is 12.2. The van der Waals surface area contributed by atoms with Crippen molar-refractivity contribution >= 4 is 5.65 Å². The van der Waals surface area contributed by atoms with Crippen LogP contribution in [0.25, 0.3) is 5.65 Å². The highest BCUT2D eigenvalue weighted by atomic mass is 16.1. The van der Waals surface area contributed by atoms with Crippen molar-refractivity contribution in [2.24, 2.45) is 5.92 Å². The van der Waals surface area contributed by atoms with Crippen LogP contribution in [0.15, 0.2) is 11.0 Å². The summed E-state index contributed by atoms with van der Waals surface area (Å²) in [4.78, 5) is 15.2. The van der Waals surface area contributed by atoms with Crippen LogP contribution in [-0.4, -0.2) is 20.6 Å². The van der Waals surface area contributed by atoms with E-state index in [0.29, 0.717) is 18.5 Å². The fourth-order valence-corrected chi connectivity index (χ4v) is 2.79. The molecule has 5 heteroatoms. The Kier molecular flexibility index (Phi) is 2.93. The first-order valence-electron chi connectivity index (χ1n) is 6.90. The van der Waals surface area contributed by atoms with Crippen LogP contribution >= 0.6 is 0 Å². The molecule has 0 bridgehead atoms. The predicted molar refractivity (Wildman–Crippen MR) is 74.4 cm³/mol. The monoisotopic (exact) mass is 260 g/mol. The van der Waals surface area contributed by atoms with Crippen molar-refractivity contribution in [1.29, 1.82) is 0 Å². The summed E-state index contributed by atoms with van der Waals surface area (Å²) in [5, 5.41) is 7.85. The Balaban J connectivity index is 2.19. The van der Waals surface area contributed by atoms with E-state index in [9.17, 15) is 4.79 Å². The van der Waals surface area contributed by atoms with Crippen molar-refractivity contribution < 1.29 is 0 Å². The van der Waals surface area contributed by atoms with Crippen molar-refractivity contribution in [3.05, 3.63) is 33.4 Å². The minimum atomic E-state index is 0.0429. The molecular weight excluding hydrogens is 240 g/mol. The summed E-state index contributed by atoms with van der Waals surface area (Å²) in [6, 6.07) is 0.344. The minimum Gasteiger partial charge on any atom is -0.308 e. The molecule has 2 aromatic heterocycles. The number of rotatable bonds is 2. The Morgan fingerprint density at radius 2 is 2.32 bits per heavy atom. The Morgan fingerprint density at radius 1 is 1.53 bits per heavy atom. The van der Waals surface area contributed by atoms with Crippen LogP contribution < -0.4 is 10.9 Å².